The zero-order valence-corrected chi connectivity index (χ0v) is 17.1. The van der Waals surface area contributed by atoms with Crippen LogP contribution in [0.4, 0.5) is 16.2 Å². The number of hydrogen-bond acceptors (Lipinski definition) is 5. The molecule has 4 rings (SSSR count). The maximum absolute atomic E-state index is 12.7. The highest BCUT2D eigenvalue weighted by Gasteiger charge is 2.36. The van der Waals surface area contributed by atoms with Crippen molar-refractivity contribution >= 4 is 29.2 Å². The van der Waals surface area contributed by atoms with Crippen molar-refractivity contribution in [3.05, 3.63) is 59.7 Å². The molecular formula is C23H20N6O3. The number of hydrogen-bond donors (Lipinski definition) is 2. The summed E-state index contributed by atoms with van der Waals surface area (Å²) >= 11 is 0. The molecule has 0 unspecified atom stereocenters. The standard InChI is InChI=1S/C23H20N6O3/c24-13-15-1-5-17(6-2-15)28-11-9-19(21(28)30)26-23(32)27-20-10-12-29(22(20)31)18-7-3-16(14-25)4-8-18/h1-8,19-20H,9-12H2,(H2,26,27,32)/t19-,20-/m0/s1. The lowest BCUT2D eigenvalue weighted by Crippen LogP contribution is -2.51. The lowest BCUT2D eigenvalue weighted by Gasteiger charge is -2.19. The number of amides is 4. The molecule has 9 nitrogen and oxygen atoms in total. The minimum atomic E-state index is -0.684. The van der Waals surface area contributed by atoms with E-state index in [1.54, 1.807) is 58.3 Å². The molecule has 2 saturated heterocycles. The van der Waals surface area contributed by atoms with Gasteiger partial charge in [-0.1, -0.05) is 0 Å². The molecule has 0 bridgehead atoms. The third-order valence-corrected chi connectivity index (χ3v) is 5.64. The number of nitrogens with zero attached hydrogens (tertiary/aromatic N) is 4. The topological polar surface area (TPSA) is 129 Å². The molecule has 2 aromatic rings. The Bertz CT molecular complexity index is 1040. The lowest BCUT2D eigenvalue weighted by atomic mass is 10.2. The number of anilines is 2. The van der Waals surface area contributed by atoms with Crippen molar-refractivity contribution in [3.8, 4) is 12.1 Å². The second-order valence-corrected chi connectivity index (χ2v) is 7.60. The quantitative estimate of drug-likeness (QED) is 0.765. The Kier molecular flexibility index (Phi) is 5.73. The number of rotatable bonds is 4. The highest BCUT2D eigenvalue weighted by molar-refractivity contribution is 6.03. The smallest absolute Gasteiger partial charge is 0.316 e. The summed E-state index contributed by atoms with van der Waals surface area (Å²) in [5.41, 5.74) is 2.35. The highest BCUT2D eigenvalue weighted by Crippen LogP contribution is 2.23. The molecule has 2 fully saturated rings. The summed E-state index contributed by atoms with van der Waals surface area (Å²) in [5.74, 6) is -0.469. The van der Waals surface area contributed by atoms with Crippen LogP contribution in [-0.2, 0) is 9.59 Å². The van der Waals surface area contributed by atoms with Crippen molar-refractivity contribution in [2.75, 3.05) is 22.9 Å². The van der Waals surface area contributed by atoms with E-state index in [2.05, 4.69) is 10.6 Å². The van der Waals surface area contributed by atoms with E-state index in [0.29, 0.717) is 48.4 Å². The van der Waals surface area contributed by atoms with Gasteiger partial charge in [0.15, 0.2) is 0 Å². The van der Waals surface area contributed by atoms with Gasteiger partial charge in [0.1, 0.15) is 12.1 Å². The predicted molar refractivity (Wildman–Crippen MR) is 115 cm³/mol. The van der Waals surface area contributed by atoms with Crippen LogP contribution in [0.3, 0.4) is 0 Å². The van der Waals surface area contributed by atoms with Crippen LogP contribution in [0, 0.1) is 22.7 Å². The van der Waals surface area contributed by atoms with Gasteiger partial charge in [-0.15, -0.1) is 0 Å². The van der Waals surface area contributed by atoms with Crippen LogP contribution in [0.1, 0.15) is 24.0 Å². The van der Waals surface area contributed by atoms with Crippen LogP contribution in [0.5, 0.6) is 0 Å². The normalized spacial score (nSPS) is 20.1. The minimum absolute atomic E-state index is 0.234. The van der Waals surface area contributed by atoms with Gasteiger partial charge >= 0.3 is 6.03 Å². The first kappa shape index (κ1) is 20.9. The Balaban J connectivity index is 1.32. The molecule has 2 heterocycles. The minimum Gasteiger partial charge on any atom is -0.326 e. The molecule has 4 amide bonds. The second-order valence-electron chi connectivity index (χ2n) is 7.60. The van der Waals surface area contributed by atoms with Gasteiger partial charge in [0, 0.05) is 24.5 Å². The zero-order valence-electron chi connectivity index (χ0n) is 17.1. The largest absolute Gasteiger partial charge is 0.326 e. The van der Waals surface area contributed by atoms with Gasteiger partial charge in [-0.25, -0.2) is 4.79 Å². The molecule has 0 aliphatic carbocycles. The third-order valence-electron chi connectivity index (χ3n) is 5.64. The van der Waals surface area contributed by atoms with E-state index in [4.69, 9.17) is 10.5 Å². The SMILES string of the molecule is N#Cc1ccc(N2CC[C@H](NC(=O)N[C@H]3CCN(c4ccc(C#N)cc4)C3=O)C2=O)cc1. The summed E-state index contributed by atoms with van der Waals surface area (Å²) in [6, 6.07) is 15.5. The van der Waals surface area contributed by atoms with Crippen LogP contribution < -0.4 is 20.4 Å². The second kappa shape index (κ2) is 8.78. The van der Waals surface area contributed by atoms with Crippen LogP contribution in [-0.4, -0.2) is 43.0 Å². The molecule has 0 radical (unpaired) electrons. The molecule has 2 aliphatic heterocycles. The first-order chi connectivity index (χ1) is 15.5. The van der Waals surface area contributed by atoms with Crippen molar-refractivity contribution in [2.24, 2.45) is 0 Å². The van der Waals surface area contributed by atoms with Gasteiger partial charge in [-0.3, -0.25) is 9.59 Å². The van der Waals surface area contributed by atoms with Gasteiger partial charge < -0.3 is 20.4 Å². The Morgan fingerprint density at radius 2 is 1.12 bits per heavy atom. The van der Waals surface area contributed by atoms with Crippen LogP contribution >= 0.6 is 0 Å². The molecule has 0 saturated carbocycles. The van der Waals surface area contributed by atoms with E-state index in [-0.39, 0.29) is 11.8 Å². The van der Waals surface area contributed by atoms with Gasteiger partial charge in [-0.2, -0.15) is 10.5 Å². The predicted octanol–water partition coefficient (Wildman–Crippen LogP) is 1.64. The maximum atomic E-state index is 12.7. The number of nitrogens with one attached hydrogen (secondary N) is 2. The van der Waals surface area contributed by atoms with Crippen molar-refractivity contribution in [3.63, 3.8) is 0 Å². The van der Waals surface area contributed by atoms with E-state index >= 15 is 0 Å². The summed E-state index contributed by atoms with van der Waals surface area (Å²) in [5, 5.41) is 23.1. The summed E-state index contributed by atoms with van der Waals surface area (Å²) in [6.07, 6.45) is 0.893. The summed E-state index contributed by atoms with van der Waals surface area (Å²) < 4.78 is 0. The Morgan fingerprint density at radius 3 is 1.47 bits per heavy atom. The lowest BCUT2D eigenvalue weighted by molar-refractivity contribution is -0.119. The highest BCUT2D eigenvalue weighted by atomic mass is 16.2. The van der Waals surface area contributed by atoms with Crippen molar-refractivity contribution in [1.29, 1.82) is 10.5 Å². The average molecular weight is 428 g/mol. The Hall–Kier alpha value is -4.37. The van der Waals surface area contributed by atoms with E-state index in [1.807, 2.05) is 12.1 Å². The third kappa shape index (κ3) is 4.09. The summed E-state index contributed by atoms with van der Waals surface area (Å²) in [7, 11) is 0. The molecule has 32 heavy (non-hydrogen) atoms. The number of carbonyl (C=O) groups excluding carboxylic acids is 3. The molecular weight excluding hydrogens is 408 g/mol. The van der Waals surface area contributed by atoms with Gasteiger partial charge in [0.2, 0.25) is 11.8 Å². The van der Waals surface area contributed by atoms with Crippen molar-refractivity contribution in [2.45, 2.75) is 24.9 Å². The zero-order chi connectivity index (χ0) is 22.7. The fourth-order valence-corrected chi connectivity index (χ4v) is 3.93. The monoisotopic (exact) mass is 428 g/mol. The van der Waals surface area contributed by atoms with E-state index in [0.717, 1.165) is 0 Å². The van der Waals surface area contributed by atoms with Crippen LogP contribution in [0.2, 0.25) is 0 Å². The molecule has 2 N–H and O–H groups in total. The number of urea groups is 1. The molecule has 0 aromatic heterocycles. The molecule has 9 heteroatoms. The van der Waals surface area contributed by atoms with Crippen molar-refractivity contribution in [1.82, 2.24) is 10.6 Å². The van der Waals surface area contributed by atoms with Crippen LogP contribution in [0.15, 0.2) is 48.5 Å². The van der Waals surface area contributed by atoms with Gasteiger partial charge in [0.25, 0.3) is 0 Å². The first-order valence-electron chi connectivity index (χ1n) is 10.2. The van der Waals surface area contributed by atoms with Gasteiger partial charge in [0.05, 0.1) is 23.3 Å². The number of nitriles is 2. The van der Waals surface area contributed by atoms with E-state index in [1.165, 1.54) is 0 Å². The number of carbonyl (C=O) groups is 3. The fraction of sp³-hybridized carbons (Fsp3) is 0.261. The van der Waals surface area contributed by atoms with Crippen molar-refractivity contribution < 1.29 is 14.4 Å². The summed E-state index contributed by atoms with van der Waals surface area (Å²) in [4.78, 5) is 41.0. The first-order valence-corrected chi connectivity index (χ1v) is 10.2. The van der Waals surface area contributed by atoms with Crippen LogP contribution in [0.25, 0.3) is 0 Å². The van der Waals surface area contributed by atoms with Gasteiger partial charge in [-0.05, 0) is 61.4 Å². The molecule has 2 aromatic carbocycles. The maximum Gasteiger partial charge on any atom is 0.316 e. The molecule has 2 atom stereocenters. The number of benzene rings is 2. The fourth-order valence-electron chi connectivity index (χ4n) is 3.93. The summed E-state index contributed by atoms with van der Waals surface area (Å²) in [6.45, 7) is 0.898. The molecule has 0 spiro atoms. The Labute approximate surface area is 184 Å². The molecule has 160 valence electrons. The molecule has 2 aliphatic rings. The average Bonchev–Trinajstić information content (AvgIpc) is 3.36. The van der Waals surface area contributed by atoms with E-state index in [9.17, 15) is 14.4 Å². The van der Waals surface area contributed by atoms with E-state index < -0.39 is 18.1 Å². The Morgan fingerprint density at radius 1 is 0.750 bits per heavy atom.